The van der Waals surface area contributed by atoms with Crippen molar-refractivity contribution in [2.24, 2.45) is 5.73 Å². The average Bonchev–Trinajstić information content (AvgIpc) is 2.94. The van der Waals surface area contributed by atoms with Crippen molar-refractivity contribution in [1.82, 2.24) is 25.0 Å². The lowest BCUT2D eigenvalue weighted by molar-refractivity contribution is -0.126. The normalized spacial score (nSPS) is 30.9. The van der Waals surface area contributed by atoms with Crippen LogP contribution in [0.2, 0.25) is 0 Å². The molecule has 3 N–H and O–H groups in total. The summed E-state index contributed by atoms with van der Waals surface area (Å²) in [5.41, 5.74) is 5.07. The summed E-state index contributed by atoms with van der Waals surface area (Å²) in [7, 11) is 1.83. The molecule has 20 heavy (non-hydrogen) atoms. The van der Waals surface area contributed by atoms with Crippen LogP contribution < -0.4 is 11.1 Å². The number of amides is 1. The van der Waals surface area contributed by atoms with E-state index < -0.39 is 5.54 Å². The molecule has 3 rings (SSSR count). The molecule has 1 saturated carbocycles. The fourth-order valence-electron chi connectivity index (χ4n) is 3.53. The third kappa shape index (κ3) is 2.20. The molecular weight excluding hydrogens is 256 g/mol. The van der Waals surface area contributed by atoms with Crippen LogP contribution in [0.1, 0.15) is 31.5 Å². The van der Waals surface area contributed by atoms with Crippen molar-refractivity contribution in [2.45, 2.75) is 50.4 Å². The van der Waals surface area contributed by atoms with E-state index in [1.807, 2.05) is 7.05 Å². The summed E-state index contributed by atoms with van der Waals surface area (Å²) < 4.78 is 2.10. The van der Waals surface area contributed by atoms with E-state index in [1.165, 1.54) is 0 Å². The SMILES string of the molecule is CNC1(C(N)=O)CCCC(N2CCn3cnnc3C2)C1. The van der Waals surface area contributed by atoms with E-state index in [0.29, 0.717) is 6.04 Å². The van der Waals surface area contributed by atoms with Gasteiger partial charge in [-0.25, -0.2) is 0 Å². The minimum absolute atomic E-state index is 0.232. The Hall–Kier alpha value is -1.47. The van der Waals surface area contributed by atoms with Crippen molar-refractivity contribution in [1.29, 1.82) is 0 Å². The van der Waals surface area contributed by atoms with Crippen molar-refractivity contribution < 1.29 is 4.79 Å². The van der Waals surface area contributed by atoms with Crippen LogP contribution in [-0.2, 0) is 17.9 Å². The van der Waals surface area contributed by atoms with E-state index in [0.717, 1.165) is 51.1 Å². The number of hydrogen-bond donors (Lipinski definition) is 2. The highest BCUT2D eigenvalue weighted by molar-refractivity contribution is 5.84. The van der Waals surface area contributed by atoms with Gasteiger partial charge < -0.3 is 15.6 Å². The molecule has 110 valence electrons. The minimum atomic E-state index is -0.548. The third-order valence-electron chi connectivity index (χ3n) is 4.86. The maximum absolute atomic E-state index is 11.8. The van der Waals surface area contributed by atoms with Crippen LogP contribution in [0.15, 0.2) is 6.33 Å². The highest BCUT2D eigenvalue weighted by atomic mass is 16.1. The summed E-state index contributed by atoms with van der Waals surface area (Å²) in [6.07, 6.45) is 5.55. The summed E-state index contributed by atoms with van der Waals surface area (Å²) in [6, 6.07) is 0.383. The van der Waals surface area contributed by atoms with Crippen LogP contribution in [0.4, 0.5) is 0 Å². The average molecular weight is 278 g/mol. The molecule has 1 fully saturated rings. The second kappa shape index (κ2) is 5.14. The molecule has 0 spiro atoms. The van der Waals surface area contributed by atoms with Crippen LogP contribution in [0.5, 0.6) is 0 Å². The van der Waals surface area contributed by atoms with Crippen molar-refractivity contribution in [2.75, 3.05) is 13.6 Å². The summed E-state index contributed by atoms with van der Waals surface area (Å²) in [4.78, 5) is 14.2. The molecule has 2 aliphatic rings. The second-order valence-corrected chi connectivity index (χ2v) is 5.86. The lowest BCUT2D eigenvalue weighted by Gasteiger charge is -2.43. The lowest BCUT2D eigenvalue weighted by atomic mass is 9.77. The molecular formula is C13H22N6O. The molecule has 1 aromatic heterocycles. The Morgan fingerprint density at radius 3 is 3.15 bits per heavy atom. The molecule has 0 aromatic carbocycles. The van der Waals surface area contributed by atoms with Crippen molar-refractivity contribution >= 4 is 5.91 Å². The van der Waals surface area contributed by atoms with E-state index in [4.69, 9.17) is 5.73 Å². The second-order valence-electron chi connectivity index (χ2n) is 5.86. The first-order valence-corrected chi connectivity index (χ1v) is 7.24. The van der Waals surface area contributed by atoms with E-state index in [1.54, 1.807) is 6.33 Å². The molecule has 1 aliphatic carbocycles. The van der Waals surface area contributed by atoms with Gasteiger partial charge in [0.1, 0.15) is 12.2 Å². The van der Waals surface area contributed by atoms with Crippen LogP contribution in [0.25, 0.3) is 0 Å². The molecule has 2 unspecified atom stereocenters. The van der Waals surface area contributed by atoms with Gasteiger partial charge in [-0.05, 0) is 32.7 Å². The highest BCUT2D eigenvalue weighted by Crippen LogP contribution is 2.32. The van der Waals surface area contributed by atoms with Gasteiger partial charge in [0.15, 0.2) is 0 Å². The van der Waals surface area contributed by atoms with Crippen LogP contribution >= 0.6 is 0 Å². The Morgan fingerprint density at radius 1 is 1.55 bits per heavy atom. The number of fused-ring (bicyclic) bond motifs is 1. The van der Waals surface area contributed by atoms with Crippen molar-refractivity contribution in [3.8, 4) is 0 Å². The number of likely N-dealkylation sites (N-methyl/N-ethyl adjacent to an activating group) is 1. The summed E-state index contributed by atoms with van der Waals surface area (Å²) in [6.45, 7) is 2.71. The Bertz CT molecular complexity index is 501. The predicted molar refractivity (Wildman–Crippen MR) is 73.7 cm³/mol. The maximum Gasteiger partial charge on any atom is 0.237 e. The van der Waals surface area contributed by atoms with Crippen LogP contribution in [0.3, 0.4) is 0 Å². The topological polar surface area (TPSA) is 89.1 Å². The van der Waals surface area contributed by atoms with E-state index >= 15 is 0 Å². The van der Waals surface area contributed by atoms with Gasteiger partial charge in [0, 0.05) is 19.1 Å². The number of carbonyl (C=O) groups is 1. The molecule has 1 aromatic rings. The summed E-state index contributed by atoms with van der Waals surface area (Å²) in [5, 5.41) is 11.3. The van der Waals surface area contributed by atoms with Gasteiger partial charge >= 0.3 is 0 Å². The number of rotatable bonds is 3. The lowest BCUT2D eigenvalue weighted by Crippen LogP contribution is -2.60. The van der Waals surface area contributed by atoms with Gasteiger partial charge in [-0.1, -0.05) is 0 Å². The van der Waals surface area contributed by atoms with Gasteiger partial charge in [-0.3, -0.25) is 9.69 Å². The first-order chi connectivity index (χ1) is 9.64. The van der Waals surface area contributed by atoms with E-state index in [2.05, 4.69) is 25.0 Å². The Kier molecular flexibility index (Phi) is 3.47. The fourth-order valence-corrected chi connectivity index (χ4v) is 3.53. The van der Waals surface area contributed by atoms with Crippen molar-refractivity contribution in [3.63, 3.8) is 0 Å². The highest BCUT2D eigenvalue weighted by Gasteiger charge is 2.42. The fraction of sp³-hybridized carbons (Fsp3) is 0.769. The molecule has 1 amide bonds. The molecule has 7 heteroatoms. The quantitative estimate of drug-likeness (QED) is 0.776. The Balaban J connectivity index is 1.73. The van der Waals surface area contributed by atoms with Gasteiger partial charge in [0.2, 0.25) is 5.91 Å². The third-order valence-corrected chi connectivity index (χ3v) is 4.86. The summed E-state index contributed by atoms with van der Waals surface area (Å²) in [5.74, 6) is 0.779. The number of carbonyl (C=O) groups excluding carboxylic acids is 1. The summed E-state index contributed by atoms with van der Waals surface area (Å²) >= 11 is 0. The molecule has 1 aliphatic heterocycles. The van der Waals surface area contributed by atoms with E-state index in [-0.39, 0.29) is 5.91 Å². The number of nitrogens with one attached hydrogen (secondary N) is 1. The first-order valence-electron chi connectivity index (χ1n) is 7.24. The maximum atomic E-state index is 11.8. The van der Waals surface area contributed by atoms with Crippen LogP contribution in [-0.4, -0.2) is 50.7 Å². The largest absolute Gasteiger partial charge is 0.368 e. The van der Waals surface area contributed by atoms with Crippen LogP contribution in [0, 0.1) is 0 Å². The van der Waals surface area contributed by atoms with E-state index in [9.17, 15) is 4.79 Å². The number of nitrogens with two attached hydrogens (primary N) is 1. The zero-order chi connectivity index (χ0) is 14.2. The van der Waals surface area contributed by atoms with Crippen molar-refractivity contribution in [3.05, 3.63) is 12.2 Å². The molecule has 0 bridgehead atoms. The smallest absolute Gasteiger partial charge is 0.237 e. The van der Waals surface area contributed by atoms with Gasteiger partial charge in [-0.2, -0.15) is 0 Å². The molecule has 0 saturated heterocycles. The van der Waals surface area contributed by atoms with Gasteiger partial charge in [0.05, 0.1) is 12.1 Å². The number of primary amides is 1. The molecule has 2 heterocycles. The number of nitrogens with zero attached hydrogens (tertiary/aromatic N) is 4. The number of aromatic nitrogens is 3. The van der Waals surface area contributed by atoms with Gasteiger partial charge in [0.25, 0.3) is 0 Å². The zero-order valence-electron chi connectivity index (χ0n) is 11.9. The minimum Gasteiger partial charge on any atom is -0.368 e. The predicted octanol–water partition coefficient (Wildman–Crippen LogP) is -0.520. The number of hydrogen-bond acceptors (Lipinski definition) is 5. The van der Waals surface area contributed by atoms with Gasteiger partial charge in [-0.15, -0.1) is 10.2 Å². The Labute approximate surface area is 118 Å². The standard InChI is InChI=1S/C13H22N6O/c1-15-13(12(14)20)4-2-3-10(7-13)18-5-6-19-9-16-17-11(19)8-18/h9-10,15H,2-8H2,1H3,(H2,14,20). The molecule has 0 radical (unpaired) electrons. The molecule has 7 nitrogen and oxygen atoms in total. The molecule has 2 atom stereocenters. The Morgan fingerprint density at radius 2 is 2.40 bits per heavy atom. The zero-order valence-corrected chi connectivity index (χ0v) is 11.9. The first kappa shape index (κ1) is 13.5. The monoisotopic (exact) mass is 278 g/mol.